The van der Waals surface area contributed by atoms with Gasteiger partial charge in [-0.1, -0.05) is 75.7 Å². The number of nitrogens with two attached hydrogens (primary N) is 4. The van der Waals surface area contributed by atoms with Crippen LogP contribution in [0.3, 0.4) is 0 Å². The molecule has 0 saturated carbocycles. The molecule has 1 aliphatic heterocycles. The van der Waals surface area contributed by atoms with Crippen LogP contribution >= 0.6 is 0 Å². The molecular formula is C84H145N25O32. The Balaban J connectivity index is 3.30. The summed E-state index contributed by atoms with van der Waals surface area (Å²) in [4.78, 5) is 310. The maximum atomic E-state index is 14.3. The van der Waals surface area contributed by atoms with Crippen molar-refractivity contribution in [2.75, 3.05) is 52.7 Å². The van der Waals surface area contributed by atoms with E-state index >= 15 is 0 Å². The summed E-state index contributed by atoms with van der Waals surface area (Å²) in [5.41, 5.74) is 21.9. The van der Waals surface area contributed by atoms with Gasteiger partial charge in [-0.15, -0.1) is 0 Å². The highest BCUT2D eigenvalue weighted by Crippen LogP contribution is 2.21. The molecule has 798 valence electrons. The Hall–Kier alpha value is -13.2. The number of primary amides is 2. The summed E-state index contributed by atoms with van der Waals surface area (Å²) in [7, 11) is 0. The van der Waals surface area contributed by atoms with Crippen molar-refractivity contribution >= 4 is 142 Å². The van der Waals surface area contributed by atoms with E-state index in [1.165, 1.54) is 34.6 Å². The van der Waals surface area contributed by atoms with Crippen LogP contribution in [-0.4, -0.2) is 372 Å². The fourth-order valence-corrected chi connectivity index (χ4v) is 13.6. The zero-order valence-electron chi connectivity index (χ0n) is 81.3. The minimum absolute atomic E-state index is 0.0104. The number of aliphatic hydroxyl groups excluding tert-OH is 7. The number of amides is 21. The molecule has 0 aliphatic carbocycles. The predicted octanol–water partition coefficient (Wildman–Crippen LogP) is -14.8. The van der Waals surface area contributed by atoms with Gasteiger partial charge >= 0.3 is 11.9 Å². The average molecular weight is 2020 g/mol. The van der Waals surface area contributed by atoms with E-state index in [0.717, 1.165) is 25.7 Å². The lowest BCUT2D eigenvalue weighted by molar-refractivity contribution is -0.145. The Morgan fingerprint density at radius 3 is 1.14 bits per heavy atom. The van der Waals surface area contributed by atoms with E-state index in [-0.39, 0.29) is 57.5 Å². The Morgan fingerprint density at radius 2 is 0.723 bits per heavy atom. The zero-order valence-corrected chi connectivity index (χ0v) is 81.3. The molecule has 0 spiro atoms. The number of hydrogen-bond donors (Lipinski definition) is 33. The standard InChI is InChI=1S/C84H145N25O32/c1-15-39(10)62(106-65(122)40(11)85)80(137)95-45(20-22-56(86)117)67(124)97-48(27-36(4)5)72(129)107-63(42(13)115)81(138)96-46(21-23-57(87)118)68(125)103-54(34-114)82(139)109-25-17-19-55(109)77(134)102-52(32-112)75(132)101-51(31-111)74(131)98-47(26-35(2)3)70(127)100-50(30-110)73(130)92-41(12)66(123)99-53(33-113)76(133)104-60(37(6)7)78(135)91-29-58(119)93-49(28-59(120)121)71(128)94-44(18-16-24-90-84(88)89)69(126)105-61(38(8)9)79(136)108-64(43(14)116)83(140)141/h35-55,60-64,110-116H,15-34,85H2,1-14H3,(H2,86,117)(H2,87,118)(H,91,135)(H,92,130)(H,93,119)(H,94,128)(H,95,137)(H,96,138)(H,97,124)(H,98,131)(H,99,123)(H,100,127)(H,101,132)(H,102,134)(H,103,125)(H,104,133)(H,105,126)(H,106,122)(H,107,129)(H,108,136)(H,120,121)(H,140,141)(H4,88,89,90)/t39-,40-,41-,42+,43+,44-,45-,46-,47-,48-,49-,50-,51-,52-,53-,54-,55-,60-,61-,62-,63-,64-/m0/s1. The first-order valence-electron chi connectivity index (χ1n) is 45.8. The van der Waals surface area contributed by atoms with Crippen molar-refractivity contribution in [2.45, 2.75) is 301 Å². The van der Waals surface area contributed by atoms with Crippen molar-refractivity contribution in [3.8, 4) is 0 Å². The summed E-state index contributed by atoms with van der Waals surface area (Å²) in [6, 6.07) is -32.2. The van der Waals surface area contributed by atoms with Gasteiger partial charge < -0.3 is 175 Å². The van der Waals surface area contributed by atoms with E-state index in [2.05, 4.69) is 101 Å². The zero-order chi connectivity index (χ0) is 108. The van der Waals surface area contributed by atoms with Crippen LogP contribution in [0, 0.1) is 35.0 Å². The molecule has 1 rings (SSSR count). The first-order chi connectivity index (χ1) is 65.8. The number of nitrogens with zero attached hydrogens (tertiary/aromatic N) is 1. The molecule has 57 heteroatoms. The molecule has 0 radical (unpaired) electrons. The van der Waals surface area contributed by atoms with Crippen LogP contribution in [0.2, 0.25) is 0 Å². The summed E-state index contributed by atoms with van der Waals surface area (Å²) in [6.07, 6.45) is -6.99. The van der Waals surface area contributed by atoms with E-state index in [1.807, 2.05) is 0 Å². The Morgan fingerprint density at radius 1 is 0.376 bits per heavy atom. The van der Waals surface area contributed by atoms with Crippen molar-refractivity contribution < 1.29 is 156 Å². The van der Waals surface area contributed by atoms with Crippen LogP contribution in [-0.2, 0) is 110 Å². The fraction of sp³-hybridized carbons (Fsp3) is 0.714. The van der Waals surface area contributed by atoms with Gasteiger partial charge in [-0.25, -0.2) is 4.79 Å². The molecule has 37 N–H and O–H groups in total. The van der Waals surface area contributed by atoms with Gasteiger partial charge in [0.2, 0.25) is 124 Å². The van der Waals surface area contributed by atoms with Crippen LogP contribution in [0.5, 0.6) is 0 Å². The van der Waals surface area contributed by atoms with Crippen molar-refractivity contribution in [1.82, 2.24) is 106 Å². The molecule has 1 aliphatic rings. The molecule has 22 atom stereocenters. The highest BCUT2D eigenvalue weighted by Gasteiger charge is 2.44. The summed E-state index contributed by atoms with van der Waals surface area (Å²) in [5.74, 6) is -30.2. The number of carboxylic acid groups (broad SMARTS) is 2. The lowest BCUT2D eigenvalue weighted by Crippen LogP contribution is -2.62. The molecule has 0 unspecified atom stereocenters. The lowest BCUT2D eigenvalue weighted by Gasteiger charge is -2.30. The largest absolute Gasteiger partial charge is 0.481 e. The number of carboxylic acids is 2. The van der Waals surface area contributed by atoms with Gasteiger partial charge in [0.25, 0.3) is 0 Å². The van der Waals surface area contributed by atoms with Gasteiger partial charge in [-0.3, -0.25) is 111 Å². The van der Waals surface area contributed by atoms with Gasteiger partial charge in [0.15, 0.2) is 12.0 Å². The smallest absolute Gasteiger partial charge is 0.328 e. The summed E-state index contributed by atoms with van der Waals surface area (Å²) >= 11 is 0. The van der Waals surface area contributed by atoms with Crippen molar-refractivity contribution in [3.05, 3.63) is 0 Å². The van der Waals surface area contributed by atoms with Crippen LogP contribution in [0.1, 0.15) is 174 Å². The van der Waals surface area contributed by atoms with Crippen molar-refractivity contribution in [1.29, 1.82) is 5.41 Å². The number of carbonyl (C=O) groups is 23. The minimum Gasteiger partial charge on any atom is -0.481 e. The number of likely N-dealkylation sites (tertiary alicyclic amines) is 1. The first-order valence-corrected chi connectivity index (χ1v) is 45.8. The van der Waals surface area contributed by atoms with E-state index in [0.29, 0.717) is 6.42 Å². The Bertz CT molecular complexity index is 4330. The molecule has 0 aromatic heterocycles. The third-order valence-corrected chi connectivity index (χ3v) is 21.8. The second kappa shape index (κ2) is 62.7. The highest BCUT2D eigenvalue weighted by atomic mass is 16.4. The molecule has 1 saturated heterocycles. The number of aliphatic hydroxyl groups is 7. The third kappa shape index (κ3) is 44.4. The normalized spacial score (nSPS) is 16.8. The van der Waals surface area contributed by atoms with Crippen LogP contribution in [0.25, 0.3) is 0 Å². The first kappa shape index (κ1) is 126. The molecule has 141 heavy (non-hydrogen) atoms. The Kier molecular flexibility index (Phi) is 56.0. The lowest BCUT2D eigenvalue weighted by atomic mass is 9.97. The van der Waals surface area contributed by atoms with E-state index in [1.54, 1.807) is 41.5 Å². The van der Waals surface area contributed by atoms with E-state index in [4.69, 9.17) is 28.3 Å². The van der Waals surface area contributed by atoms with Gasteiger partial charge in [-0.2, -0.15) is 0 Å². The predicted molar refractivity (Wildman–Crippen MR) is 493 cm³/mol. The molecular weight excluding hydrogens is 1870 g/mol. The third-order valence-electron chi connectivity index (χ3n) is 21.8. The maximum absolute atomic E-state index is 14.3. The Labute approximate surface area is 812 Å². The monoisotopic (exact) mass is 2020 g/mol. The number of guanidine groups is 1. The molecule has 0 bridgehead atoms. The van der Waals surface area contributed by atoms with Crippen LogP contribution in [0.15, 0.2) is 0 Å². The van der Waals surface area contributed by atoms with Crippen molar-refractivity contribution in [3.63, 3.8) is 0 Å². The topological polar surface area (TPSA) is 934 Å². The number of hydrogen-bond acceptors (Lipinski definition) is 32. The highest BCUT2D eigenvalue weighted by molar-refractivity contribution is 6.03. The molecule has 1 fully saturated rings. The van der Waals surface area contributed by atoms with Gasteiger partial charge in [-0.05, 0) is 109 Å². The average Bonchev–Trinajstić information content (AvgIpc) is 1.70. The molecule has 21 amide bonds. The quantitative estimate of drug-likeness (QED) is 0.0153. The molecule has 57 nitrogen and oxygen atoms in total. The molecule has 0 aromatic carbocycles. The summed E-state index contributed by atoms with van der Waals surface area (Å²) < 4.78 is 0. The molecule has 1 heterocycles. The second-order valence-electron chi connectivity index (χ2n) is 35.5. The van der Waals surface area contributed by atoms with Crippen LogP contribution in [0.4, 0.5) is 0 Å². The SMILES string of the molecule is CC[C@H](C)[C@H](NC(=O)[C@H](C)N)C(=O)N[C@@H](CCC(N)=O)C(=O)N[C@@H](CC(C)C)C(=O)N[C@H](C(=O)N[C@@H](CCC(N)=O)C(=O)N[C@@H](CO)C(=O)N1CCC[C@H]1C(=O)N[C@@H](CO)C(=O)N[C@@H](CO)C(=O)N[C@@H](CC(C)C)C(=O)N[C@@H](CO)C(=O)N[C@@H](C)C(=O)N[C@@H](CO)C(=O)N[C@H](C(=O)NCC(=O)N[C@@H](CC(=O)O)C(=O)N[C@@H](CCCNC(=N)N)C(=O)N[C@H](C(=O)N[C@H](C(=O)O)[C@@H](C)O)C(C)C)C(C)C)[C@@H](C)O. The minimum atomic E-state index is -1.99. The van der Waals surface area contributed by atoms with E-state index < -0.39 is 364 Å². The van der Waals surface area contributed by atoms with Crippen LogP contribution < -0.4 is 124 Å². The summed E-state index contributed by atoms with van der Waals surface area (Å²) in [6.45, 7) is 12.9. The number of nitrogens with one attached hydrogen (secondary N) is 20. The number of rotatable bonds is 65. The number of aliphatic carboxylic acids is 2. The summed E-state index contributed by atoms with van der Waals surface area (Å²) in [5, 5.41) is 143. The van der Waals surface area contributed by atoms with E-state index in [9.17, 15) is 156 Å². The maximum Gasteiger partial charge on any atom is 0.328 e. The van der Waals surface area contributed by atoms with Gasteiger partial charge in [0.05, 0.1) is 64.2 Å². The second-order valence-corrected chi connectivity index (χ2v) is 35.5. The molecule has 0 aromatic rings. The van der Waals surface area contributed by atoms with Gasteiger partial charge in [0.1, 0.15) is 103 Å². The fourth-order valence-electron chi connectivity index (χ4n) is 13.6. The van der Waals surface area contributed by atoms with Gasteiger partial charge in [0, 0.05) is 25.9 Å². The number of carbonyl (C=O) groups excluding carboxylic acids is 21. The van der Waals surface area contributed by atoms with Crippen molar-refractivity contribution in [2.24, 2.45) is 52.5 Å².